The summed E-state index contributed by atoms with van der Waals surface area (Å²) in [6, 6.07) is 6.25. The first-order valence-corrected chi connectivity index (χ1v) is 7.15. The van der Waals surface area contributed by atoms with E-state index in [0.717, 1.165) is 18.5 Å². The van der Waals surface area contributed by atoms with Crippen LogP contribution < -0.4 is 5.32 Å². The van der Waals surface area contributed by atoms with Crippen LogP contribution in [-0.2, 0) is 13.0 Å². The Morgan fingerprint density at radius 2 is 2.20 bits per heavy atom. The highest BCUT2D eigenvalue weighted by Gasteiger charge is 2.10. The van der Waals surface area contributed by atoms with E-state index in [2.05, 4.69) is 38.4 Å². The molecule has 0 saturated carbocycles. The lowest BCUT2D eigenvalue weighted by Crippen LogP contribution is -2.23. The van der Waals surface area contributed by atoms with Gasteiger partial charge in [0.15, 0.2) is 0 Å². The molecule has 0 aliphatic rings. The molecule has 2 aromatic rings. The number of nitrogens with one attached hydrogen (secondary N) is 2. The van der Waals surface area contributed by atoms with Gasteiger partial charge in [0.1, 0.15) is 11.5 Å². The van der Waals surface area contributed by atoms with Gasteiger partial charge in [0, 0.05) is 16.7 Å². The number of hydrogen-bond acceptors (Lipinski definition) is 2. The fraction of sp³-hybridized carbons (Fsp3) is 0.286. The fourth-order valence-corrected chi connectivity index (χ4v) is 2.37. The largest absolute Gasteiger partial charge is 0.347 e. The van der Waals surface area contributed by atoms with Crippen molar-refractivity contribution in [3.05, 3.63) is 51.5 Å². The van der Waals surface area contributed by atoms with Crippen LogP contribution >= 0.6 is 15.9 Å². The monoisotopic (exact) mass is 339 g/mol. The Morgan fingerprint density at radius 1 is 1.40 bits per heavy atom. The van der Waals surface area contributed by atoms with E-state index in [9.17, 15) is 9.18 Å². The van der Waals surface area contributed by atoms with Crippen LogP contribution in [0.15, 0.2) is 28.7 Å². The number of aryl methyl sites for hydroxylation is 1. The van der Waals surface area contributed by atoms with Crippen LogP contribution in [-0.4, -0.2) is 16.1 Å². The van der Waals surface area contributed by atoms with E-state index in [1.165, 1.54) is 12.1 Å². The zero-order chi connectivity index (χ0) is 14.5. The summed E-state index contributed by atoms with van der Waals surface area (Å²) in [6.07, 6.45) is 1.84. The second-order valence-electron chi connectivity index (χ2n) is 4.49. The van der Waals surface area contributed by atoms with Crippen LogP contribution in [0.1, 0.15) is 35.1 Å². The van der Waals surface area contributed by atoms with Gasteiger partial charge in [-0.15, -0.1) is 0 Å². The molecule has 4 nitrogen and oxygen atoms in total. The molecule has 0 aliphatic carbocycles. The molecule has 1 aromatic heterocycles. The van der Waals surface area contributed by atoms with Crippen molar-refractivity contribution >= 4 is 21.8 Å². The Hall–Kier alpha value is -1.69. The van der Waals surface area contributed by atoms with Crippen molar-refractivity contribution in [2.24, 2.45) is 0 Å². The Kier molecular flexibility index (Phi) is 4.89. The van der Waals surface area contributed by atoms with Crippen molar-refractivity contribution in [3.8, 4) is 0 Å². The third-order valence-corrected chi connectivity index (χ3v) is 3.22. The molecule has 2 rings (SSSR count). The molecule has 0 fully saturated rings. The summed E-state index contributed by atoms with van der Waals surface area (Å²) in [6.45, 7) is 2.31. The van der Waals surface area contributed by atoms with Crippen LogP contribution in [0.25, 0.3) is 0 Å². The standard InChI is InChI=1S/C14H15BrFN3O/c1-2-3-12-7-13(19-18-12)14(20)17-8-9-4-10(15)6-11(16)5-9/h4-7H,2-3,8H2,1H3,(H,17,20)(H,18,19). The van der Waals surface area contributed by atoms with E-state index in [-0.39, 0.29) is 18.3 Å². The molecule has 20 heavy (non-hydrogen) atoms. The predicted molar refractivity (Wildman–Crippen MR) is 77.9 cm³/mol. The second kappa shape index (κ2) is 6.65. The molecule has 0 atom stereocenters. The van der Waals surface area contributed by atoms with Gasteiger partial charge in [0.25, 0.3) is 5.91 Å². The average molecular weight is 340 g/mol. The van der Waals surface area contributed by atoms with Crippen molar-refractivity contribution in [2.45, 2.75) is 26.3 Å². The van der Waals surface area contributed by atoms with Gasteiger partial charge in [-0.1, -0.05) is 29.3 Å². The number of benzene rings is 1. The fourth-order valence-electron chi connectivity index (χ4n) is 1.86. The summed E-state index contributed by atoms with van der Waals surface area (Å²) in [4.78, 5) is 11.9. The molecule has 0 radical (unpaired) electrons. The number of carbonyl (C=O) groups excluding carboxylic acids is 1. The number of hydrogen-bond donors (Lipinski definition) is 2. The normalized spacial score (nSPS) is 10.6. The number of halogens is 2. The first-order valence-electron chi connectivity index (χ1n) is 6.36. The van der Waals surface area contributed by atoms with Crippen molar-refractivity contribution < 1.29 is 9.18 Å². The van der Waals surface area contributed by atoms with Gasteiger partial charge in [-0.05, 0) is 36.2 Å². The molecule has 1 heterocycles. The van der Waals surface area contributed by atoms with E-state index in [0.29, 0.717) is 15.7 Å². The van der Waals surface area contributed by atoms with Gasteiger partial charge in [0.05, 0.1) is 0 Å². The van der Waals surface area contributed by atoms with E-state index >= 15 is 0 Å². The summed E-state index contributed by atoms with van der Waals surface area (Å²) < 4.78 is 13.8. The van der Waals surface area contributed by atoms with Crippen LogP contribution in [0, 0.1) is 5.82 Å². The Morgan fingerprint density at radius 3 is 2.90 bits per heavy atom. The van der Waals surface area contributed by atoms with E-state index in [1.54, 1.807) is 12.1 Å². The molecule has 0 aliphatic heterocycles. The first-order chi connectivity index (χ1) is 9.58. The maximum Gasteiger partial charge on any atom is 0.272 e. The molecule has 0 spiro atoms. The summed E-state index contributed by atoms with van der Waals surface area (Å²) in [5.41, 5.74) is 1.98. The molecule has 2 N–H and O–H groups in total. The zero-order valence-electron chi connectivity index (χ0n) is 11.0. The Balaban J connectivity index is 1.97. The molecular formula is C14H15BrFN3O. The number of nitrogens with zero attached hydrogens (tertiary/aromatic N) is 1. The van der Waals surface area contributed by atoms with Crippen molar-refractivity contribution in [2.75, 3.05) is 0 Å². The molecule has 6 heteroatoms. The maximum atomic E-state index is 13.2. The summed E-state index contributed by atoms with van der Waals surface area (Å²) >= 11 is 3.22. The highest BCUT2D eigenvalue weighted by molar-refractivity contribution is 9.10. The van der Waals surface area contributed by atoms with Gasteiger partial charge in [-0.2, -0.15) is 5.10 Å². The lowest BCUT2D eigenvalue weighted by molar-refractivity contribution is 0.0946. The van der Waals surface area contributed by atoms with Crippen molar-refractivity contribution in [3.63, 3.8) is 0 Å². The molecule has 1 aromatic carbocycles. The maximum absolute atomic E-state index is 13.2. The summed E-state index contributed by atoms with van der Waals surface area (Å²) in [5, 5.41) is 9.50. The lowest BCUT2D eigenvalue weighted by Gasteiger charge is -2.04. The van der Waals surface area contributed by atoms with Gasteiger partial charge in [0.2, 0.25) is 0 Å². The average Bonchev–Trinajstić information content (AvgIpc) is 2.84. The van der Waals surface area contributed by atoms with Crippen LogP contribution in [0.2, 0.25) is 0 Å². The van der Waals surface area contributed by atoms with Gasteiger partial charge >= 0.3 is 0 Å². The highest BCUT2D eigenvalue weighted by atomic mass is 79.9. The molecule has 106 valence electrons. The van der Waals surface area contributed by atoms with Crippen LogP contribution in [0.3, 0.4) is 0 Å². The second-order valence-corrected chi connectivity index (χ2v) is 5.40. The molecule has 1 amide bonds. The van der Waals surface area contributed by atoms with Gasteiger partial charge in [-0.3, -0.25) is 9.89 Å². The number of rotatable bonds is 5. The molecule has 0 unspecified atom stereocenters. The molecular weight excluding hydrogens is 325 g/mol. The Bertz CT molecular complexity index is 592. The third-order valence-electron chi connectivity index (χ3n) is 2.76. The first kappa shape index (κ1) is 14.7. The van der Waals surface area contributed by atoms with Crippen LogP contribution in [0.5, 0.6) is 0 Å². The summed E-state index contributed by atoms with van der Waals surface area (Å²) in [7, 11) is 0. The van der Waals surface area contributed by atoms with Gasteiger partial charge < -0.3 is 5.32 Å². The third kappa shape index (κ3) is 3.90. The SMILES string of the molecule is CCCc1cc(C(=O)NCc2cc(F)cc(Br)c2)n[nH]1. The molecule has 0 bridgehead atoms. The van der Waals surface area contributed by atoms with Crippen molar-refractivity contribution in [1.82, 2.24) is 15.5 Å². The van der Waals surface area contributed by atoms with E-state index < -0.39 is 0 Å². The Labute approximate surface area is 124 Å². The quantitative estimate of drug-likeness (QED) is 0.878. The minimum atomic E-state index is -0.339. The lowest BCUT2D eigenvalue weighted by atomic mass is 10.2. The smallest absolute Gasteiger partial charge is 0.272 e. The minimum absolute atomic E-state index is 0.255. The topological polar surface area (TPSA) is 57.8 Å². The van der Waals surface area contributed by atoms with E-state index in [4.69, 9.17) is 0 Å². The minimum Gasteiger partial charge on any atom is -0.347 e. The molecule has 0 saturated heterocycles. The zero-order valence-corrected chi connectivity index (χ0v) is 12.6. The number of aromatic nitrogens is 2. The number of carbonyl (C=O) groups is 1. The predicted octanol–water partition coefficient (Wildman–Crippen LogP) is 3.19. The summed E-state index contributed by atoms with van der Waals surface area (Å²) in [5.74, 6) is -0.613. The number of amides is 1. The number of aromatic amines is 1. The van der Waals surface area contributed by atoms with E-state index in [1.807, 2.05) is 0 Å². The van der Waals surface area contributed by atoms with Crippen LogP contribution in [0.4, 0.5) is 4.39 Å². The highest BCUT2D eigenvalue weighted by Crippen LogP contribution is 2.14. The number of H-pyrrole nitrogens is 1. The van der Waals surface area contributed by atoms with Crippen molar-refractivity contribution in [1.29, 1.82) is 0 Å². The van der Waals surface area contributed by atoms with Gasteiger partial charge in [-0.25, -0.2) is 4.39 Å².